The molecule has 4 N–H and O–H groups in total. The molecule has 4 amide bonds. The summed E-state index contributed by atoms with van der Waals surface area (Å²) < 4.78 is 5.02. The van der Waals surface area contributed by atoms with E-state index in [1.807, 2.05) is 37.3 Å². The van der Waals surface area contributed by atoms with Crippen LogP contribution >= 0.6 is 0 Å². The Hall–Kier alpha value is -4.56. The SMILES string of the molecule is CCN1CCN(c2n[nH]c3cc(C#CC4NC(=O)NC4=O)ccc23)CC1.CNC(=O)c1cc(OC)ccc1C. The molecule has 2 saturated heterocycles. The van der Waals surface area contributed by atoms with E-state index in [1.165, 1.54) is 0 Å². The number of nitrogens with zero attached hydrogens (tertiary/aromatic N) is 3. The molecule has 0 aliphatic carbocycles. The van der Waals surface area contributed by atoms with Crippen molar-refractivity contribution >= 4 is 34.6 Å². The first-order valence-corrected chi connectivity index (χ1v) is 12.8. The predicted molar refractivity (Wildman–Crippen MR) is 149 cm³/mol. The topological polar surface area (TPSA) is 132 Å². The number of benzene rings is 2. The lowest BCUT2D eigenvalue weighted by molar-refractivity contribution is -0.119. The number of methoxy groups -OCH3 is 1. The second-order valence-electron chi connectivity index (χ2n) is 9.15. The van der Waals surface area contributed by atoms with Crippen molar-refractivity contribution in [3.8, 4) is 17.6 Å². The van der Waals surface area contributed by atoms with Crippen LogP contribution in [0.2, 0.25) is 0 Å². The van der Waals surface area contributed by atoms with Gasteiger partial charge in [0, 0.05) is 49.7 Å². The maximum absolute atomic E-state index is 11.5. The van der Waals surface area contributed by atoms with E-state index in [0.717, 1.165) is 60.6 Å². The van der Waals surface area contributed by atoms with Gasteiger partial charge in [-0.25, -0.2) is 4.79 Å². The lowest BCUT2D eigenvalue weighted by Crippen LogP contribution is -2.46. The highest BCUT2D eigenvalue weighted by atomic mass is 16.5. The number of piperazine rings is 1. The Labute approximate surface area is 227 Å². The number of rotatable bonds is 4. The smallest absolute Gasteiger partial charge is 0.322 e. The van der Waals surface area contributed by atoms with E-state index in [4.69, 9.17) is 4.74 Å². The first kappa shape index (κ1) is 27.5. The molecule has 3 aromatic rings. The molecule has 3 heterocycles. The molecule has 1 atom stereocenters. The summed E-state index contributed by atoms with van der Waals surface area (Å²) >= 11 is 0. The number of likely N-dealkylation sites (N-methyl/N-ethyl adjacent to an activating group) is 1. The average Bonchev–Trinajstić information content (AvgIpc) is 3.53. The fraction of sp³-hybridized carbons (Fsp3) is 0.357. The van der Waals surface area contributed by atoms with E-state index >= 15 is 0 Å². The fourth-order valence-electron chi connectivity index (χ4n) is 4.38. The third-order valence-corrected chi connectivity index (χ3v) is 6.71. The number of aromatic nitrogens is 2. The zero-order valence-electron chi connectivity index (χ0n) is 22.6. The van der Waals surface area contributed by atoms with E-state index in [2.05, 4.69) is 54.7 Å². The molecule has 0 saturated carbocycles. The standard InChI is InChI=1S/C18H20N6O2.C10H13NO2/c1-2-23-7-9-24(10-8-23)16-13-5-3-12(11-15(13)21-22-16)4-6-14-17(25)20-18(26)19-14;1-7-4-5-8(13-3)6-9(7)10(12)11-2/h3,5,11,14H,2,7-10H2,1H3,(H,21,22)(H2,19,20,25,26);4-6H,1-3H3,(H,11,12). The van der Waals surface area contributed by atoms with Crippen LogP contribution in [0.25, 0.3) is 10.9 Å². The first-order valence-electron chi connectivity index (χ1n) is 12.8. The molecular formula is C28H33N7O4. The van der Waals surface area contributed by atoms with Crippen molar-refractivity contribution in [3.63, 3.8) is 0 Å². The van der Waals surface area contributed by atoms with Crippen LogP contribution in [0.3, 0.4) is 0 Å². The monoisotopic (exact) mass is 531 g/mol. The van der Waals surface area contributed by atoms with Crippen molar-refractivity contribution in [3.05, 3.63) is 53.1 Å². The number of fused-ring (bicyclic) bond motifs is 1. The van der Waals surface area contributed by atoms with Crippen LogP contribution in [0.1, 0.15) is 28.4 Å². The van der Waals surface area contributed by atoms with Crippen LogP contribution in [-0.2, 0) is 4.79 Å². The summed E-state index contributed by atoms with van der Waals surface area (Å²) in [5.74, 6) is 6.88. The number of hydrogen-bond donors (Lipinski definition) is 4. The number of amides is 4. The van der Waals surface area contributed by atoms with Gasteiger partial charge in [-0.1, -0.05) is 24.8 Å². The lowest BCUT2D eigenvalue weighted by atomic mass is 10.1. The third-order valence-electron chi connectivity index (χ3n) is 6.71. The van der Waals surface area contributed by atoms with Gasteiger partial charge in [0.25, 0.3) is 11.8 Å². The van der Waals surface area contributed by atoms with Gasteiger partial charge < -0.3 is 25.2 Å². The molecule has 0 spiro atoms. The minimum absolute atomic E-state index is 0.0867. The zero-order chi connectivity index (χ0) is 27.9. The molecule has 39 heavy (non-hydrogen) atoms. The summed E-state index contributed by atoms with van der Waals surface area (Å²) in [4.78, 5) is 38.7. The highest BCUT2D eigenvalue weighted by molar-refractivity contribution is 6.06. The van der Waals surface area contributed by atoms with Crippen LogP contribution in [0.4, 0.5) is 10.6 Å². The molecule has 2 aliphatic heterocycles. The van der Waals surface area contributed by atoms with Crippen molar-refractivity contribution in [2.24, 2.45) is 0 Å². The van der Waals surface area contributed by atoms with Gasteiger partial charge in [-0.2, -0.15) is 5.10 Å². The third kappa shape index (κ3) is 6.48. The molecule has 5 rings (SSSR count). The molecule has 1 unspecified atom stereocenters. The molecule has 11 heteroatoms. The number of hydrogen-bond acceptors (Lipinski definition) is 7. The Morgan fingerprint density at radius 1 is 1.15 bits per heavy atom. The largest absolute Gasteiger partial charge is 0.497 e. The number of imide groups is 1. The van der Waals surface area contributed by atoms with Crippen molar-refractivity contribution in [1.82, 2.24) is 31.0 Å². The number of carbonyl (C=O) groups is 3. The van der Waals surface area contributed by atoms with Gasteiger partial charge in [0.2, 0.25) is 0 Å². The summed E-state index contributed by atoms with van der Waals surface area (Å²) in [6.07, 6.45) is 0. The highest BCUT2D eigenvalue weighted by Gasteiger charge is 2.27. The summed E-state index contributed by atoms with van der Waals surface area (Å²) in [5.41, 5.74) is 3.27. The molecule has 1 aromatic heterocycles. The minimum Gasteiger partial charge on any atom is -0.497 e. The summed E-state index contributed by atoms with van der Waals surface area (Å²) in [6.45, 7) is 9.17. The number of urea groups is 1. The Bertz CT molecular complexity index is 1430. The maximum Gasteiger partial charge on any atom is 0.322 e. The van der Waals surface area contributed by atoms with E-state index in [-0.39, 0.29) is 5.91 Å². The second kappa shape index (κ2) is 12.3. The average molecular weight is 532 g/mol. The van der Waals surface area contributed by atoms with Gasteiger partial charge in [-0.05, 0) is 49.4 Å². The van der Waals surface area contributed by atoms with Crippen molar-refractivity contribution in [2.75, 3.05) is 51.8 Å². The number of anilines is 1. The van der Waals surface area contributed by atoms with E-state index in [9.17, 15) is 14.4 Å². The van der Waals surface area contributed by atoms with Crippen LogP contribution in [0.15, 0.2) is 36.4 Å². The minimum atomic E-state index is -0.801. The normalized spacial score (nSPS) is 16.9. The summed E-state index contributed by atoms with van der Waals surface area (Å²) in [6, 6.07) is 9.94. The van der Waals surface area contributed by atoms with Crippen molar-refractivity contribution in [2.45, 2.75) is 19.9 Å². The van der Waals surface area contributed by atoms with E-state index < -0.39 is 18.0 Å². The number of carbonyl (C=O) groups excluding carboxylic acids is 3. The Balaban J connectivity index is 0.000000229. The van der Waals surface area contributed by atoms with Crippen LogP contribution in [0, 0.1) is 18.8 Å². The second-order valence-corrected chi connectivity index (χ2v) is 9.15. The predicted octanol–water partition coefficient (Wildman–Crippen LogP) is 1.63. The lowest BCUT2D eigenvalue weighted by Gasteiger charge is -2.34. The first-order chi connectivity index (χ1) is 18.8. The highest BCUT2D eigenvalue weighted by Crippen LogP contribution is 2.25. The molecule has 204 valence electrons. The van der Waals surface area contributed by atoms with Gasteiger partial charge in [-0.15, -0.1) is 0 Å². The van der Waals surface area contributed by atoms with Gasteiger partial charge >= 0.3 is 6.03 Å². The Kier molecular flexibility index (Phi) is 8.68. The quantitative estimate of drug-likeness (QED) is 0.297. The summed E-state index contributed by atoms with van der Waals surface area (Å²) in [5, 5.41) is 15.8. The van der Waals surface area contributed by atoms with Crippen molar-refractivity contribution in [1.29, 1.82) is 0 Å². The number of H-pyrrole nitrogens is 1. The number of ether oxygens (including phenoxy) is 1. The number of aromatic amines is 1. The molecule has 11 nitrogen and oxygen atoms in total. The molecule has 2 aliphatic rings. The van der Waals surface area contributed by atoms with Crippen LogP contribution in [0.5, 0.6) is 5.75 Å². The van der Waals surface area contributed by atoms with Crippen molar-refractivity contribution < 1.29 is 19.1 Å². The Morgan fingerprint density at radius 3 is 2.56 bits per heavy atom. The van der Waals surface area contributed by atoms with Crippen LogP contribution in [-0.4, -0.2) is 85.9 Å². The molecule has 0 bridgehead atoms. The number of nitrogens with one attached hydrogen (secondary N) is 4. The van der Waals surface area contributed by atoms with Gasteiger partial charge in [0.15, 0.2) is 11.9 Å². The van der Waals surface area contributed by atoms with Crippen LogP contribution < -0.4 is 25.6 Å². The summed E-state index contributed by atoms with van der Waals surface area (Å²) in [7, 11) is 3.19. The molecule has 0 radical (unpaired) electrons. The molecule has 2 fully saturated rings. The maximum atomic E-state index is 11.5. The van der Waals surface area contributed by atoms with Gasteiger partial charge in [-0.3, -0.25) is 20.0 Å². The Morgan fingerprint density at radius 2 is 1.92 bits per heavy atom. The fourth-order valence-corrected chi connectivity index (χ4v) is 4.38. The van der Waals surface area contributed by atoms with E-state index in [0.29, 0.717) is 11.3 Å². The van der Waals surface area contributed by atoms with E-state index in [1.54, 1.807) is 20.2 Å². The zero-order valence-corrected chi connectivity index (χ0v) is 22.6. The van der Waals surface area contributed by atoms with Gasteiger partial charge in [0.05, 0.1) is 12.6 Å². The molecule has 2 aromatic carbocycles. The number of aryl methyl sites for hydroxylation is 1. The van der Waals surface area contributed by atoms with Gasteiger partial charge in [0.1, 0.15) is 5.75 Å². The molecular weight excluding hydrogens is 498 g/mol.